The maximum absolute atomic E-state index is 4.98. The molecule has 3 nitrogen and oxygen atoms in total. The van der Waals surface area contributed by atoms with Crippen molar-refractivity contribution in [2.45, 2.75) is 0 Å². The third-order valence-electron chi connectivity index (χ3n) is 5.50. The second-order valence-electron chi connectivity index (χ2n) is 7.43. The topological polar surface area (TPSA) is 39.9 Å². The van der Waals surface area contributed by atoms with Crippen molar-refractivity contribution in [2.24, 2.45) is 0 Å². The second kappa shape index (κ2) is 8.41. The van der Waals surface area contributed by atoms with E-state index in [-0.39, 0.29) is 16.5 Å². The van der Waals surface area contributed by atoms with E-state index in [9.17, 15) is 0 Å². The maximum atomic E-state index is 4.98. The average molecular weight is 454 g/mol. The predicted molar refractivity (Wildman–Crippen MR) is 126 cm³/mol. The molecule has 0 saturated heterocycles. The van der Waals surface area contributed by atoms with E-state index in [1.807, 2.05) is 60.7 Å². The van der Waals surface area contributed by atoms with E-state index in [4.69, 9.17) is 9.97 Å². The van der Waals surface area contributed by atoms with Crippen LogP contribution < -0.4 is 4.98 Å². The Morgan fingerprint density at radius 1 is 0.594 bits per heavy atom. The fourth-order valence-electron chi connectivity index (χ4n) is 4.03. The van der Waals surface area contributed by atoms with E-state index >= 15 is 0 Å². The molecule has 6 rings (SSSR count). The number of nitrogens with zero attached hydrogens (tertiary/aromatic N) is 3. The zero-order chi connectivity index (χ0) is 20.6. The normalized spacial score (nSPS) is 10.9. The van der Waals surface area contributed by atoms with Gasteiger partial charge in [0.05, 0.1) is 5.69 Å². The van der Waals surface area contributed by atoms with E-state index in [0.717, 1.165) is 50.2 Å². The van der Waals surface area contributed by atoms with E-state index in [2.05, 4.69) is 47.4 Å². The number of benzene rings is 3. The number of rotatable bonds is 3. The molecule has 0 amide bonds. The van der Waals surface area contributed by atoms with Crippen molar-refractivity contribution in [2.75, 3.05) is 0 Å². The molecule has 0 aliphatic rings. The summed E-state index contributed by atoms with van der Waals surface area (Å²) < 4.78 is 0. The smallest absolute Gasteiger partial charge is 0.656 e. The first-order valence-corrected chi connectivity index (χ1v) is 10.2. The van der Waals surface area contributed by atoms with Crippen LogP contribution in [0.2, 0.25) is 0 Å². The average Bonchev–Trinajstić information content (AvgIpc) is 3.24. The number of para-hydroxylation sites is 2. The largest absolute Gasteiger partial charge is 2.00 e. The van der Waals surface area contributed by atoms with Crippen LogP contribution in [0.3, 0.4) is 0 Å². The van der Waals surface area contributed by atoms with Crippen molar-refractivity contribution in [1.29, 1.82) is 0 Å². The van der Waals surface area contributed by atoms with Crippen LogP contribution >= 0.6 is 0 Å². The fraction of sp³-hybridized carbons (Fsp3) is 0. The van der Waals surface area contributed by atoms with Gasteiger partial charge in [-0.15, -0.1) is 35.3 Å². The van der Waals surface area contributed by atoms with Gasteiger partial charge in [-0.3, -0.25) is 9.97 Å². The molecule has 3 aromatic carbocycles. The molecule has 154 valence electrons. The Labute approximate surface area is 196 Å². The van der Waals surface area contributed by atoms with Crippen molar-refractivity contribution in [3.8, 4) is 33.8 Å². The third-order valence-corrected chi connectivity index (χ3v) is 5.50. The summed E-state index contributed by atoms with van der Waals surface area (Å²) >= 11 is 0. The summed E-state index contributed by atoms with van der Waals surface area (Å²) in [6.07, 6.45) is 1.80. The summed E-state index contributed by atoms with van der Waals surface area (Å²) in [6.45, 7) is 0. The molecule has 6 aromatic rings. The Morgan fingerprint density at radius 2 is 1.28 bits per heavy atom. The van der Waals surface area contributed by atoms with Crippen molar-refractivity contribution in [3.05, 3.63) is 109 Å². The van der Waals surface area contributed by atoms with Crippen LogP contribution in [0, 0.1) is 6.07 Å². The van der Waals surface area contributed by atoms with Gasteiger partial charge in [-0.05, 0) is 28.5 Å². The van der Waals surface area contributed by atoms with Gasteiger partial charge >= 0.3 is 16.5 Å². The molecule has 0 N–H and O–H groups in total. The number of fused-ring (bicyclic) bond motifs is 3. The van der Waals surface area contributed by atoms with E-state index < -0.39 is 0 Å². The van der Waals surface area contributed by atoms with Crippen molar-refractivity contribution < 1.29 is 16.5 Å². The van der Waals surface area contributed by atoms with Gasteiger partial charge in [0.25, 0.3) is 0 Å². The molecule has 0 spiro atoms. The zero-order valence-electron chi connectivity index (χ0n) is 17.0. The Morgan fingerprint density at radius 3 is 2.16 bits per heavy atom. The second-order valence-corrected chi connectivity index (χ2v) is 7.43. The first-order valence-electron chi connectivity index (χ1n) is 10.2. The molecule has 0 fully saturated rings. The molecule has 0 aliphatic carbocycles. The van der Waals surface area contributed by atoms with Crippen molar-refractivity contribution in [1.82, 2.24) is 15.0 Å². The van der Waals surface area contributed by atoms with Gasteiger partial charge in [-0.2, -0.15) is 0 Å². The quantitative estimate of drug-likeness (QED) is 0.225. The van der Waals surface area contributed by atoms with Crippen LogP contribution in [-0.2, 0) is 16.5 Å². The predicted octanol–water partition coefficient (Wildman–Crippen LogP) is 6.54. The summed E-state index contributed by atoms with van der Waals surface area (Å²) in [5.74, 6) is 0. The van der Waals surface area contributed by atoms with Crippen LogP contribution in [0.1, 0.15) is 0 Å². The third kappa shape index (κ3) is 3.49. The number of hydrogen-bond donors (Lipinski definition) is 0. The van der Waals surface area contributed by atoms with Gasteiger partial charge in [0.2, 0.25) is 0 Å². The Hall–Kier alpha value is -3.75. The molecule has 0 saturated carbocycles. The fourth-order valence-corrected chi connectivity index (χ4v) is 4.03. The Bertz CT molecular complexity index is 1540. The minimum Gasteiger partial charge on any atom is -0.656 e. The molecule has 0 bridgehead atoms. The molecule has 0 atom stereocenters. The summed E-state index contributed by atoms with van der Waals surface area (Å²) in [5, 5.41) is 2.33. The zero-order valence-corrected chi connectivity index (χ0v) is 18.0. The summed E-state index contributed by atoms with van der Waals surface area (Å²) in [5.41, 5.74) is 7.62. The van der Waals surface area contributed by atoms with Gasteiger partial charge in [-0.1, -0.05) is 77.9 Å². The van der Waals surface area contributed by atoms with E-state index in [1.165, 1.54) is 5.39 Å². The molecule has 4 heteroatoms. The molecule has 3 aromatic heterocycles. The minimum absolute atomic E-state index is 0. The molecule has 0 unspecified atom stereocenters. The molecule has 0 radical (unpaired) electrons. The van der Waals surface area contributed by atoms with Gasteiger partial charge in [-0.25, -0.2) is 0 Å². The SMILES string of the molecule is [Ni+2].[c-]1c(-c2ccccn2)cccc1-c1cccc(-c2cccc3c2[n-]c2ccccc23)n1. The first kappa shape index (κ1) is 20.2. The van der Waals surface area contributed by atoms with E-state index in [1.54, 1.807) is 6.20 Å². The maximum Gasteiger partial charge on any atom is 2.00 e. The molecule has 32 heavy (non-hydrogen) atoms. The van der Waals surface area contributed by atoms with Crippen molar-refractivity contribution in [3.63, 3.8) is 0 Å². The van der Waals surface area contributed by atoms with Gasteiger partial charge in [0, 0.05) is 17.6 Å². The number of hydrogen-bond acceptors (Lipinski definition) is 2. The van der Waals surface area contributed by atoms with Crippen LogP contribution in [0.25, 0.3) is 55.6 Å². The van der Waals surface area contributed by atoms with E-state index in [0.29, 0.717) is 0 Å². The molecule has 3 heterocycles. The minimum atomic E-state index is 0. The Kier molecular flexibility index (Phi) is 5.30. The van der Waals surface area contributed by atoms with Gasteiger partial charge in [0.15, 0.2) is 0 Å². The summed E-state index contributed by atoms with van der Waals surface area (Å²) in [7, 11) is 0. The number of aromatic nitrogens is 3. The Balaban J connectivity index is 0.00000216. The molecular formula is C28H17N3Ni. The van der Waals surface area contributed by atoms with Crippen LogP contribution in [-0.4, -0.2) is 9.97 Å². The van der Waals surface area contributed by atoms with Crippen molar-refractivity contribution >= 4 is 21.8 Å². The molecular weight excluding hydrogens is 437 g/mol. The monoisotopic (exact) mass is 453 g/mol. The van der Waals surface area contributed by atoms with Gasteiger partial charge < -0.3 is 4.98 Å². The number of pyridine rings is 2. The van der Waals surface area contributed by atoms with Crippen LogP contribution in [0.4, 0.5) is 0 Å². The first-order chi connectivity index (χ1) is 15.4. The van der Waals surface area contributed by atoms with Gasteiger partial charge in [0.1, 0.15) is 0 Å². The molecule has 0 aliphatic heterocycles. The standard InChI is InChI=1S/C28H17N3.Ni/c1-2-14-26-21(10-1)22-11-6-12-23(28(22)31-26)27-16-7-15-25(30-27)20-9-5-8-19(18-20)24-13-3-4-17-29-24;/h1-17H;/q-2;+2. The van der Waals surface area contributed by atoms with Crippen LogP contribution in [0.5, 0.6) is 0 Å². The summed E-state index contributed by atoms with van der Waals surface area (Å²) in [6, 6.07) is 36.1. The van der Waals surface area contributed by atoms with Crippen LogP contribution in [0.15, 0.2) is 103 Å². The summed E-state index contributed by atoms with van der Waals surface area (Å²) in [4.78, 5) is 14.3.